The second-order valence-electron chi connectivity index (χ2n) is 4.62. The van der Waals surface area contributed by atoms with Gasteiger partial charge in [0.1, 0.15) is 0 Å². The Balaban J connectivity index is 2.12. The second-order valence-corrected chi connectivity index (χ2v) is 4.62. The van der Waals surface area contributed by atoms with Crippen molar-refractivity contribution < 1.29 is 14.6 Å². The number of rotatable bonds is 5. The van der Waals surface area contributed by atoms with Gasteiger partial charge in [0.25, 0.3) is 6.47 Å². The fourth-order valence-corrected chi connectivity index (χ4v) is 2.40. The molecule has 1 saturated heterocycles. The van der Waals surface area contributed by atoms with Crippen LogP contribution in [0, 0.1) is 0 Å². The summed E-state index contributed by atoms with van der Waals surface area (Å²) in [5.41, 5.74) is 9.28. The zero-order chi connectivity index (χ0) is 14.4. The molecule has 0 saturated carbocycles. The van der Waals surface area contributed by atoms with Crippen LogP contribution in [0.15, 0.2) is 35.4 Å². The number of hydrogen-bond acceptors (Lipinski definition) is 5. The summed E-state index contributed by atoms with van der Waals surface area (Å²) < 4.78 is 5.14. The number of piperidine rings is 1. The van der Waals surface area contributed by atoms with Crippen LogP contribution >= 0.6 is 0 Å². The average Bonchev–Trinajstić information content (AvgIpc) is 2.48. The topological polar surface area (TPSA) is 98.5 Å². The van der Waals surface area contributed by atoms with E-state index in [2.05, 4.69) is 10.0 Å². The molecule has 1 aromatic rings. The SMILES string of the molecule is [N-]=[N+]=NC1CCN(C(OC=O)c2ccccc2)CC1O. The Morgan fingerprint density at radius 1 is 1.50 bits per heavy atom. The fraction of sp³-hybridized carbons (Fsp3) is 0.462. The molecule has 0 aromatic heterocycles. The Labute approximate surface area is 116 Å². The highest BCUT2D eigenvalue weighted by Gasteiger charge is 2.32. The van der Waals surface area contributed by atoms with E-state index >= 15 is 0 Å². The molecule has 0 radical (unpaired) electrons. The maximum Gasteiger partial charge on any atom is 0.294 e. The molecule has 106 valence electrons. The Bertz CT molecular complexity index is 490. The minimum Gasteiger partial charge on any atom is -0.444 e. The highest BCUT2D eigenvalue weighted by Crippen LogP contribution is 2.26. The lowest BCUT2D eigenvalue weighted by molar-refractivity contribution is -0.148. The number of azide groups is 1. The van der Waals surface area contributed by atoms with Crippen molar-refractivity contribution in [2.45, 2.75) is 24.8 Å². The summed E-state index contributed by atoms with van der Waals surface area (Å²) in [5.74, 6) is 0. The summed E-state index contributed by atoms with van der Waals surface area (Å²) in [7, 11) is 0. The lowest BCUT2D eigenvalue weighted by atomic mass is 10.0. The Morgan fingerprint density at radius 2 is 2.25 bits per heavy atom. The van der Waals surface area contributed by atoms with Crippen molar-refractivity contribution in [1.82, 2.24) is 4.90 Å². The number of aliphatic hydroxyl groups is 1. The summed E-state index contributed by atoms with van der Waals surface area (Å²) in [4.78, 5) is 15.3. The fourth-order valence-electron chi connectivity index (χ4n) is 2.40. The first kappa shape index (κ1) is 14.3. The van der Waals surface area contributed by atoms with Crippen molar-refractivity contribution in [1.29, 1.82) is 0 Å². The predicted octanol–water partition coefficient (Wildman–Crippen LogP) is 1.60. The van der Waals surface area contributed by atoms with Crippen LogP contribution in [-0.2, 0) is 9.53 Å². The molecule has 0 bridgehead atoms. The molecule has 1 N–H and O–H groups in total. The third kappa shape index (κ3) is 3.27. The standard InChI is InChI=1S/C13H16N4O3/c14-16-15-11-6-7-17(8-12(11)19)13(20-9-18)10-4-2-1-3-5-10/h1-5,9,11-13,19H,6-8H2. The highest BCUT2D eigenvalue weighted by atomic mass is 16.5. The van der Waals surface area contributed by atoms with Gasteiger partial charge in [-0.15, -0.1) is 0 Å². The largest absolute Gasteiger partial charge is 0.444 e. The molecule has 1 aliphatic rings. The van der Waals surface area contributed by atoms with Crippen molar-refractivity contribution in [3.63, 3.8) is 0 Å². The van der Waals surface area contributed by atoms with E-state index in [1.165, 1.54) is 0 Å². The number of ether oxygens (including phenoxy) is 1. The maximum absolute atomic E-state index is 10.7. The normalized spacial score (nSPS) is 24.4. The number of benzene rings is 1. The van der Waals surface area contributed by atoms with E-state index in [1.807, 2.05) is 35.2 Å². The molecule has 0 amide bonds. The molecule has 1 heterocycles. The summed E-state index contributed by atoms with van der Waals surface area (Å²) >= 11 is 0. The highest BCUT2D eigenvalue weighted by molar-refractivity contribution is 5.38. The van der Waals surface area contributed by atoms with Gasteiger partial charge in [0.05, 0.1) is 12.1 Å². The van der Waals surface area contributed by atoms with Crippen molar-refractivity contribution in [2.24, 2.45) is 5.11 Å². The van der Waals surface area contributed by atoms with Crippen LogP contribution in [0.3, 0.4) is 0 Å². The molecule has 3 unspecified atom stereocenters. The molecule has 2 rings (SSSR count). The zero-order valence-electron chi connectivity index (χ0n) is 10.9. The van der Waals surface area contributed by atoms with E-state index in [0.29, 0.717) is 19.4 Å². The number of nitrogens with zero attached hydrogens (tertiary/aromatic N) is 4. The number of β-amino-alcohol motifs (C(OH)–C–C–N with tert-alkyl or cyclic N) is 1. The van der Waals surface area contributed by atoms with Crippen LogP contribution in [0.1, 0.15) is 18.2 Å². The summed E-state index contributed by atoms with van der Waals surface area (Å²) in [6.07, 6.45) is -0.770. The number of hydrogen-bond donors (Lipinski definition) is 1. The summed E-state index contributed by atoms with van der Waals surface area (Å²) in [6, 6.07) is 8.90. The smallest absolute Gasteiger partial charge is 0.294 e. The van der Waals surface area contributed by atoms with Crippen LogP contribution < -0.4 is 0 Å². The van der Waals surface area contributed by atoms with Crippen LogP contribution in [-0.4, -0.2) is 41.7 Å². The molecular formula is C13H16N4O3. The van der Waals surface area contributed by atoms with E-state index in [9.17, 15) is 9.90 Å². The van der Waals surface area contributed by atoms with Gasteiger partial charge in [-0.25, -0.2) is 0 Å². The van der Waals surface area contributed by atoms with Gasteiger partial charge in [0, 0.05) is 23.6 Å². The van der Waals surface area contributed by atoms with Gasteiger partial charge in [0.2, 0.25) is 0 Å². The molecule has 7 nitrogen and oxygen atoms in total. The first-order chi connectivity index (χ1) is 9.76. The molecule has 1 fully saturated rings. The van der Waals surface area contributed by atoms with E-state index in [1.54, 1.807) is 0 Å². The summed E-state index contributed by atoms with van der Waals surface area (Å²) in [6.45, 7) is 1.27. The lowest BCUT2D eigenvalue weighted by Crippen LogP contribution is -2.47. The third-order valence-electron chi connectivity index (χ3n) is 3.38. The first-order valence-corrected chi connectivity index (χ1v) is 6.36. The summed E-state index contributed by atoms with van der Waals surface area (Å²) in [5, 5.41) is 13.6. The van der Waals surface area contributed by atoms with Gasteiger partial charge in [-0.2, -0.15) is 0 Å². The molecule has 1 aromatic carbocycles. The van der Waals surface area contributed by atoms with E-state index < -0.39 is 18.4 Å². The monoisotopic (exact) mass is 276 g/mol. The number of carbonyl (C=O) groups is 1. The minimum absolute atomic E-state index is 0.289. The van der Waals surface area contributed by atoms with Crippen LogP contribution in [0.25, 0.3) is 10.4 Å². The van der Waals surface area contributed by atoms with Crippen LogP contribution in [0.2, 0.25) is 0 Å². The van der Waals surface area contributed by atoms with E-state index in [4.69, 9.17) is 10.3 Å². The Hall–Kier alpha value is -2.08. The molecule has 7 heteroatoms. The number of carbonyl (C=O) groups excluding carboxylic acids is 1. The second kappa shape index (κ2) is 6.91. The van der Waals surface area contributed by atoms with Gasteiger partial charge >= 0.3 is 0 Å². The van der Waals surface area contributed by atoms with Gasteiger partial charge < -0.3 is 9.84 Å². The molecule has 1 aliphatic heterocycles. The van der Waals surface area contributed by atoms with E-state index in [-0.39, 0.29) is 6.54 Å². The number of aliphatic hydroxyl groups excluding tert-OH is 1. The zero-order valence-corrected chi connectivity index (χ0v) is 10.9. The van der Waals surface area contributed by atoms with Crippen molar-refractivity contribution in [3.8, 4) is 0 Å². The van der Waals surface area contributed by atoms with Gasteiger partial charge in [0.15, 0.2) is 6.23 Å². The third-order valence-corrected chi connectivity index (χ3v) is 3.38. The molecule has 3 atom stereocenters. The lowest BCUT2D eigenvalue weighted by Gasteiger charge is -2.37. The predicted molar refractivity (Wildman–Crippen MR) is 71.5 cm³/mol. The quantitative estimate of drug-likeness (QED) is 0.382. The van der Waals surface area contributed by atoms with Crippen molar-refractivity contribution in [3.05, 3.63) is 46.3 Å². The van der Waals surface area contributed by atoms with E-state index in [0.717, 1.165) is 5.56 Å². The molecule has 0 aliphatic carbocycles. The van der Waals surface area contributed by atoms with Crippen molar-refractivity contribution >= 4 is 6.47 Å². The van der Waals surface area contributed by atoms with Gasteiger partial charge in [-0.1, -0.05) is 35.4 Å². The van der Waals surface area contributed by atoms with Crippen molar-refractivity contribution in [2.75, 3.05) is 13.1 Å². The van der Waals surface area contributed by atoms with Crippen LogP contribution in [0.4, 0.5) is 0 Å². The van der Waals surface area contributed by atoms with Gasteiger partial charge in [-0.05, 0) is 12.0 Å². The first-order valence-electron chi connectivity index (χ1n) is 6.36. The molecule has 0 spiro atoms. The average molecular weight is 276 g/mol. The molecular weight excluding hydrogens is 260 g/mol. The molecule has 20 heavy (non-hydrogen) atoms. The minimum atomic E-state index is -0.763. The maximum atomic E-state index is 10.7. The number of likely N-dealkylation sites (tertiary alicyclic amines) is 1. The Kier molecular flexibility index (Phi) is 4.95. The van der Waals surface area contributed by atoms with Gasteiger partial charge in [-0.3, -0.25) is 9.69 Å². The Morgan fingerprint density at radius 3 is 2.85 bits per heavy atom. The van der Waals surface area contributed by atoms with Crippen LogP contribution in [0.5, 0.6) is 0 Å².